The first-order valence-electron chi connectivity index (χ1n) is 7.79. The average molecular weight is 492 g/mol. The number of hydrogen-bond acceptors (Lipinski definition) is 8. The van der Waals surface area contributed by atoms with Crippen molar-refractivity contribution in [2.45, 2.75) is 6.10 Å². The molecular formula is C16H13BrClFN4O4S. The van der Waals surface area contributed by atoms with Crippen molar-refractivity contribution in [2.24, 2.45) is 0 Å². The van der Waals surface area contributed by atoms with Gasteiger partial charge in [-0.1, -0.05) is 32.0 Å². The fraction of sp³-hybridized carbons (Fsp3) is 0.188. The Morgan fingerprint density at radius 2 is 2.11 bits per heavy atom. The summed E-state index contributed by atoms with van der Waals surface area (Å²) >= 11 is 10.4. The number of nitrogens with zero attached hydrogens (tertiary/aromatic N) is 2. The monoisotopic (exact) mass is 490 g/mol. The van der Waals surface area contributed by atoms with Crippen LogP contribution in [0.2, 0.25) is 5.02 Å². The number of amides is 1. The lowest BCUT2D eigenvalue weighted by atomic mass is 10.1. The van der Waals surface area contributed by atoms with Gasteiger partial charge < -0.3 is 15.5 Å². The first-order chi connectivity index (χ1) is 13.4. The van der Waals surface area contributed by atoms with Crippen LogP contribution in [-0.4, -0.2) is 45.0 Å². The summed E-state index contributed by atoms with van der Waals surface area (Å²) in [6.45, 7) is -1.02. The molecule has 0 aliphatic heterocycles. The van der Waals surface area contributed by atoms with Gasteiger partial charge >= 0.3 is 0 Å². The molecule has 1 heterocycles. The molecule has 0 bridgehead atoms. The van der Waals surface area contributed by atoms with Crippen LogP contribution in [-0.2, 0) is 4.84 Å². The Morgan fingerprint density at radius 1 is 1.36 bits per heavy atom. The maximum atomic E-state index is 15.0. The Bertz CT molecular complexity index is 1020. The van der Waals surface area contributed by atoms with Gasteiger partial charge in [0.2, 0.25) is 0 Å². The summed E-state index contributed by atoms with van der Waals surface area (Å²) in [7, 11) is 0. The molecule has 0 aliphatic rings. The van der Waals surface area contributed by atoms with E-state index >= 15 is 4.39 Å². The number of fused-ring (bicyclic) bond motifs is 1. The van der Waals surface area contributed by atoms with Gasteiger partial charge in [-0.25, -0.2) is 9.87 Å². The highest BCUT2D eigenvalue weighted by Gasteiger charge is 2.23. The van der Waals surface area contributed by atoms with Crippen LogP contribution >= 0.6 is 39.1 Å². The molecule has 3 aromatic rings. The number of nitrogens with one attached hydrogen (secondary N) is 2. The Balaban J connectivity index is 2.00. The maximum Gasteiger partial charge on any atom is 0.277 e. The molecule has 0 saturated heterocycles. The molecule has 1 amide bonds. The summed E-state index contributed by atoms with van der Waals surface area (Å²) in [6, 6.07) is 6.33. The molecule has 2 aromatic carbocycles. The second-order valence-electron chi connectivity index (χ2n) is 5.52. The van der Waals surface area contributed by atoms with Gasteiger partial charge in [-0.3, -0.25) is 9.63 Å². The zero-order chi connectivity index (χ0) is 20.3. The Hall–Kier alpha value is -1.89. The number of benzene rings is 2. The molecule has 0 aliphatic carbocycles. The van der Waals surface area contributed by atoms with E-state index in [2.05, 4.69) is 36.3 Å². The van der Waals surface area contributed by atoms with E-state index in [0.717, 1.165) is 16.0 Å². The number of aliphatic hydroxyl groups is 2. The lowest BCUT2D eigenvalue weighted by Crippen LogP contribution is -2.34. The fourth-order valence-corrected chi connectivity index (χ4v) is 3.55. The number of anilines is 2. The predicted octanol–water partition coefficient (Wildman–Crippen LogP) is 3.00. The van der Waals surface area contributed by atoms with Crippen molar-refractivity contribution in [1.29, 1.82) is 0 Å². The fourth-order valence-electron chi connectivity index (χ4n) is 2.24. The average Bonchev–Trinajstić information content (AvgIpc) is 3.15. The van der Waals surface area contributed by atoms with E-state index in [1.165, 1.54) is 6.07 Å². The maximum absolute atomic E-state index is 15.0. The molecular weight excluding hydrogens is 479 g/mol. The van der Waals surface area contributed by atoms with E-state index in [9.17, 15) is 4.79 Å². The summed E-state index contributed by atoms with van der Waals surface area (Å²) < 4.78 is 19.8. The zero-order valence-electron chi connectivity index (χ0n) is 13.9. The SMILES string of the molecule is O=C(NOC(CO)CO)c1cc2snnc2c(F)c1Nc1ccc(Br)cc1Cl. The van der Waals surface area contributed by atoms with Crippen LogP contribution in [0.4, 0.5) is 15.8 Å². The van der Waals surface area contributed by atoms with E-state index in [1.807, 2.05) is 0 Å². The van der Waals surface area contributed by atoms with Gasteiger partial charge in [0.25, 0.3) is 5.91 Å². The molecule has 0 spiro atoms. The highest BCUT2D eigenvalue weighted by atomic mass is 79.9. The van der Waals surface area contributed by atoms with Gasteiger partial charge in [0, 0.05) is 4.47 Å². The number of aliphatic hydroxyl groups excluding tert-OH is 2. The van der Waals surface area contributed by atoms with Crippen LogP contribution in [0.5, 0.6) is 0 Å². The molecule has 1 aromatic heterocycles. The molecule has 28 heavy (non-hydrogen) atoms. The van der Waals surface area contributed by atoms with Crippen LogP contribution in [0.25, 0.3) is 10.2 Å². The minimum absolute atomic E-state index is 0.00166. The molecule has 0 atom stereocenters. The van der Waals surface area contributed by atoms with E-state index in [0.29, 0.717) is 15.4 Å². The quantitative estimate of drug-likeness (QED) is 0.375. The molecule has 0 saturated carbocycles. The second-order valence-corrected chi connectivity index (χ2v) is 7.63. The van der Waals surface area contributed by atoms with Crippen LogP contribution in [0, 0.1) is 5.82 Å². The number of halogens is 3. The molecule has 0 radical (unpaired) electrons. The van der Waals surface area contributed by atoms with E-state index in [1.54, 1.807) is 18.2 Å². The molecule has 3 rings (SSSR count). The van der Waals surface area contributed by atoms with Crippen molar-refractivity contribution >= 4 is 66.6 Å². The number of rotatable bonds is 7. The Labute approximate surface area is 175 Å². The lowest BCUT2D eigenvalue weighted by molar-refractivity contribution is -0.0618. The summed E-state index contributed by atoms with van der Waals surface area (Å²) in [5.74, 6) is -1.58. The van der Waals surface area contributed by atoms with Crippen molar-refractivity contribution in [3.05, 3.63) is 45.1 Å². The van der Waals surface area contributed by atoms with Crippen molar-refractivity contribution < 1.29 is 24.2 Å². The van der Waals surface area contributed by atoms with Gasteiger partial charge in [-0.05, 0) is 35.8 Å². The van der Waals surface area contributed by atoms with E-state index in [-0.39, 0.29) is 16.8 Å². The molecule has 12 heteroatoms. The Kier molecular flexibility index (Phi) is 6.75. The van der Waals surface area contributed by atoms with Crippen molar-refractivity contribution in [1.82, 2.24) is 15.1 Å². The van der Waals surface area contributed by atoms with E-state index < -0.39 is 31.0 Å². The smallest absolute Gasteiger partial charge is 0.277 e. The molecule has 0 fully saturated rings. The molecule has 148 valence electrons. The number of carbonyl (C=O) groups excluding carboxylic acids is 1. The summed E-state index contributed by atoms with van der Waals surface area (Å²) in [4.78, 5) is 17.5. The van der Waals surface area contributed by atoms with Gasteiger partial charge in [-0.2, -0.15) is 0 Å². The minimum atomic E-state index is -1.01. The van der Waals surface area contributed by atoms with Crippen LogP contribution < -0.4 is 10.8 Å². The highest BCUT2D eigenvalue weighted by molar-refractivity contribution is 9.10. The zero-order valence-corrected chi connectivity index (χ0v) is 17.1. The topological polar surface area (TPSA) is 117 Å². The molecule has 8 nitrogen and oxygen atoms in total. The van der Waals surface area contributed by atoms with Gasteiger partial charge in [-0.15, -0.1) is 5.10 Å². The van der Waals surface area contributed by atoms with E-state index in [4.69, 9.17) is 26.7 Å². The van der Waals surface area contributed by atoms with Crippen LogP contribution in [0.3, 0.4) is 0 Å². The molecule has 4 N–H and O–H groups in total. The number of hydroxylamine groups is 1. The first kappa shape index (κ1) is 20.8. The van der Waals surface area contributed by atoms with Crippen LogP contribution in [0.15, 0.2) is 28.7 Å². The first-order valence-corrected chi connectivity index (χ1v) is 9.73. The minimum Gasteiger partial charge on any atom is -0.393 e. The van der Waals surface area contributed by atoms with Gasteiger partial charge in [0.1, 0.15) is 11.6 Å². The molecule has 0 unspecified atom stereocenters. The van der Waals surface area contributed by atoms with Gasteiger partial charge in [0.05, 0.1) is 39.9 Å². The Morgan fingerprint density at radius 3 is 2.79 bits per heavy atom. The normalized spacial score (nSPS) is 11.2. The highest BCUT2D eigenvalue weighted by Crippen LogP contribution is 2.34. The van der Waals surface area contributed by atoms with Gasteiger partial charge in [0.15, 0.2) is 5.82 Å². The third-order valence-electron chi connectivity index (χ3n) is 3.65. The van der Waals surface area contributed by atoms with Crippen molar-refractivity contribution in [3.8, 4) is 0 Å². The van der Waals surface area contributed by atoms with Crippen molar-refractivity contribution in [3.63, 3.8) is 0 Å². The third kappa shape index (κ3) is 4.40. The number of carbonyl (C=O) groups is 1. The summed E-state index contributed by atoms with van der Waals surface area (Å²) in [5.41, 5.74) is 2.20. The summed E-state index contributed by atoms with van der Waals surface area (Å²) in [5, 5.41) is 24.9. The largest absolute Gasteiger partial charge is 0.393 e. The third-order valence-corrected chi connectivity index (χ3v) is 5.12. The standard InChI is InChI=1S/C16H13BrClFN4O4S/c17-7-1-2-11(10(18)3-7)20-14-9(16(26)22-27-8(5-24)6-25)4-12-15(13(14)19)21-23-28-12/h1-4,8,20,24-25H,5-6H2,(H,22,26). The summed E-state index contributed by atoms with van der Waals surface area (Å²) in [6.07, 6.45) is -1.01. The van der Waals surface area contributed by atoms with Crippen LogP contribution in [0.1, 0.15) is 10.4 Å². The van der Waals surface area contributed by atoms with Crippen molar-refractivity contribution in [2.75, 3.05) is 18.5 Å². The lowest BCUT2D eigenvalue weighted by Gasteiger charge is -2.16. The second kappa shape index (κ2) is 9.07. The number of hydrogen-bond donors (Lipinski definition) is 4. The number of aromatic nitrogens is 2. The predicted molar refractivity (Wildman–Crippen MR) is 106 cm³/mol.